The Morgan fingerprint density at radius 1 is 1.46 bits per heavy atom. The molecule has 1 aromatic heterocycles. The number of hydrogen-bond donors (Lipinski definition) is 2. The number of rotatable bonds is 2. The first-order chi connectivity index (χ1) is 5.99. The summed E-state index contributed by atoms with van der Waals surface area (Å²) in [6, 6.07) is 3.68. The Morgan fingerprint density at radius 3 is 2.69 bits per heavy atom. The van der Waals surface area contributed by atoms with Crippen molar-refractivity contribution in [2.45, 2.75) is 20.8 Å². The lowest BCUT2D eigenvalue weighted by atomic mass is 9.97. The number of anilines is 2. The van der Waals surface area contributed by atoms with Gasteiger partial charge in [0.25, 0.3) is 0 Å². The summed E-state index contributed by atoms with van der Waals surface area (Å²) in [6.45, 7) is 7.37. The highest BCUT2D eigenvalue weighted by Crippen LogP contribution is 2.17. The van der Waals surface area contributed by atoms with Gasteiger partial charge in [0.2, 0.25) is 0 Å². The molecule has 0 aliphatic carbocycles. The summed E-state index contributed by atoms with van der Waals surface area (Å²) in [5.74, 6) is 0.775. The number of nitrogens with two attached hydrogens (primary N) is 1. The van der Waals surface area contributed by atoms with Gasteiger partial charge in [-0.3, -0.25) is 0 Å². The number of nitrogen functional groups attached to an aromatic ring is 1. The van der Waals surface area contributed by atoms with E-state index < -0.39 is 0 Å². The first-order valence-corrected chi connectivity index (χ1v) is 4.43. The number of aromatic nitrogens is 1. The van der Waals surface area contributed by atoms with Gasteiger partial charge in [0.15, 0.2) is 0 Å². The molecule has 0 bridgehead atoms. The van der Waals surface area contributed by atoms with Gasteiger partial charge in [-0.2, -0.15) is 0 Å². The third-order valence-electron chi connectivity index (χ3n) is 1.63. The molecule has 0 unspecified atom stereocenters. The molecule has 0 atom stereocenters. The molecule has 72 valence electrons. The SMILES string of the molecule is CC(C)(C)CNc1ncccc1N. The zero-order chi connectivity index (χ0) is 9.90. The van der Waals surface area contributed by atoms with Crippen molar-refractivity contribution in [3.63, 3.8) is 0 Å². The summed E-state index contributed by atoms with van der Waals surface area (Å²) < 4.78 is 0. The molecule has 0 amide bonds. The summed E-state index contributed by atoms with van der Waals surface area (Å²) in [4.78, 5) is 4.15. The van der Waals surface area contributed by atoms with E-state index in [1.54, 1.807) is 6.20 Å². The van der Waals surface area contributed by atoms with E-state index in [4.69, 9.17) is 5.73 Å². The standard InChI is InChI=1S/C10H17N3/c1-10(2,3)7-13-9-8(11)5-4-6-12-9/h4-6H,7,11H2,1-3H3,(H,12,13). The Morgan fingerprint density at radius 2 is 2.15 bits per heavy atom. The van der Waals surface area contributed by atoms with Crippen molar-refractivity contribution in [3.8, 4) is 0 Å². The van der Waals surface area contributed by atoms with Gasteiger partial charge in [0, 0.05) is 12.7 Å². The molecule has 0 spiro atoms. The molecule has 0 aromatic carbocycles. The molecule has 1 aromatic rings. The highest BCUT2D eigenvalue weighted by atomic mass is 15.0. The Kier molecular flexibility index (Phi) is 2.76. The Labute approximate surface area is 79.4 Å². The van der Waals surface area contributed by atoms with E-state index in [0.717, 1.165) is 12.4 Å². The Bertz CT molecular complexity index is 276. The van der Waals surface area contributed by atoms with E-state index >= 15 is 0 Å². The van der Waals surface area contributed by atoms with Crippen molar-refractivity contribution < 1.29 is 0 Å². The average Bonchev–Trinajstić information content (AvgIpc) is 2.01. The minimum absolute atomic E-state index is 0.240. The second-order valence-electron chi connectivity index (χ2n) is 4.36. The molecule has 3 nitrogen and oxygen atoms in total. The summed E-state index contributed by atoms with van der Waals surface area (Å²) in [7, 11) is 0. The van der Waals surface area contributed by atoms with Crippen LogP contribution < -0.4 is 11.1 Å². The lowest BCUT2D eigenvalue weighted by molar-refractivity contribution is 0.442. The lowest BCUT2D eigenvalue weighted by Crippen LogP contribution is -2.20. The predicted molar refractivity (Wildman–Crippen MR) is 56.6 cm³/mol. The van der Waals surface area contributed by atoms with E-state index in [2.05, 4.69) is 31.1 Å². The Hall–Kier alpha value is -1.25. The quantitative estimate of drug-likeness (QED) is 0.731. The monoisotopic (exact) mass is 179 g/mol. The van der Waals surface area contributed by atoms with Crippen LogP contribution in [0.1, 0.15) is 20.8 Å². The summed E-state index contributed by atoms with van der Waals surface area (Å²) >= 11 is 0. The molecule has 1 rings (SSSR count). The van der Waals surface area contributed by atoms with Crippen molar-refractivity contribution >= 4 is 11.5 Å². The third-order valence-corrected chi connectivity index (χ3v) is 1.63. The van der Waals surface area contributed by atoms with Crippen molar-refractivity contribution in [1.29, 1.82) is 0 Å². The zero-order valence-electron chi connectivity index (χ0n) is 8.46. The molecular weight excluding hydrogens is 162 g/mol. The molecule has 0 saturated heterocycles. The van der Waals surface area contributed by atoms with E-state index in [1.807, 2.05) is 12.1 Å². The number of pyridine rings is 1. The molecule has 0 radical (unpaired) electrons. The van der Waals surface area contributed by atoms with Crippen LogP contribution in [0.3, 0.4) is 0 Å². The van der Waals surface area contributed by atoms with Gasteiger partial charge in [0.1, 0.15) is 5.82 Å². The van der Waals surface area contributed by atoms with Crippen molar-refractivity contribution in [2.75, 3.05) is 17.6 Å². The van der Waals surface area contributed by atoms with Gasteiger partial charge >= 0.3 is 0 Å². The van der Waals surface area contributed by atoms with Crippen LogP contribution in [0.5, 0.6) is 0 Å². The van der Waals surface area contributed by atoms with E-state index in [1.165, 1.54) is 0 Å². The fraction of sp³-hybridized carbons (Fsp3) is 0.500. The zero-order valence-corrected chi connectivity index (χ0v) is 8.46. The first kappa shape index (κ1) is 9.84. The molecular formula is C10H17N3. The van der Waals surface area contributed by atoms with Crippen molar-refractivity contribution in [3.05, 3.63) is 18.3 Å². The van der Waals surface area contributed by atoms with Gasteiger partial charge < -0.3 is 11.1 Å². The maximum Gasteiger partial charge on any atom is 0.149 e. The fourth-order valence-corrected chi connectivity index (χ4v) is 0.914. The smallest absolute Gasteiger partial charge is 0.149 e. The highest BCUT2D eigenvalue weighted by molar-refractivity contribution is 5.60. The molecule has 0 saturated carbocycles. The maximum absolute atomic E-state index is 5.72. The highest BCUT2D eigenvalue weighted by Gasteiger charge is 2.10. The van der Waals surface area contributed by atoms with Crippen LogP contribution in [0.2, 0.25) is 0 Å². The third kappa shape index (κ3) is 3.32. The minimum Gasteiger partial charge on any atom is -0.396 e. The minimum atomic E-state index is 0.240. The second kappa shape index (κ2) is 3.64. The van der Waals surface area contributed by atoms with Crippen molar-refractivity contribution in [2.24, 2.45) is 5.41 Å². The van der Waals surface area contributed by atoms with Crippen LogP contribution in [0, 0.1) is 5.41 Å². The van der Waals surface area contributed by atoms with Crippen LogP contribution in [0.25, 0.3) is 0 Å². The normalized spacial score (nSPS) is 11.3. The second-order valence-corrected chi connectivity index (χ2v) is 4.36. The molecule has 0 aliphatic rings. The molecule has 13 heavy (non-hydrogen) atoms. The van der Waals surface area contributed by atoms with Gasteiger partial charge in [-0.05, 0) is 17.5 Å². The van der Waals surface area contributed by atoms with E-state index in [-0.39, 0.29) is 5.41 Å². The summed E-state index contributed by atoms with van der Waals surface area (Å²) in [6.07, 6.45) is 1.74. The average molecular weight is 179 g/mol. The number of nitrogens with zero attached hydrogens (tertiary/aromatic N) is 1. The topological polar surface area (TPSA) is 50.9 Å². The van der Waals surface area contributed by atoms with Gasteiger partial charge in [-0.15, -0.1) is 0 Å². The van der Waals surface area contributed by atoms with Gasteiger partial charge in [-0.1, -0.05) is 20.8 Å². The lowest BCUT2D eigenvalue weighted by Gasteiger charge is -2.19. The summed E-state index contributed by atoms with van der Waals surface area (Å²) in [5.41, 5.74) is 6.67. The van der Waals surface area contributed by atoms with E-state index in [0.29, 0.717) is 5.69 Å². The van der Waals surface area contributed by atoms with Gasteiger partial charge in [0.05, 0.1) is 5.69 Å². The van der Waals surface area contributed by atoms with Crippen molar-refractivity contribution in [1.82, 2.24) is 4.98 Å². The summed E-state index contributed by atoms with van der Waals surface area (Å²) in [5, 5.41) is 3.22. The van der Waals surface area contributed by atoms with Crippen LogP contribution >= 0.6 is 0 Å². The van der Waals surface area contributed by atoms with E-state index in [9.17, 15) is 0 Å². The molecule has 1 heterocycles. The first-order valence-electron chi connectivity index (χ1n) is 4.43. The maximum atomic E-state index is 5.72. The van der Waals surface area contributed by atoms with Crippen LogP contribution in [0.15, 0.2) is 18.3 Å². The Balaban J connectivity index is 2.60. The fourth-order valence-electron chi connectivity index (χ4n) is 0.914. The molecule has 0 fully saturated rings. The number of hydrogen-bond acceptors (Lipinski definition) is 3. The van der Waals surface area contributed by atoms with Gasteiger partial charge in [-0.25, -0.2) is 4.98 Å². The van der Waals surface area contributed by atoms with Crippen LogP contribution in [0.4, 0.5) is 11.5 Å². The number of nitrogens with one attached hydrogen (secondary N) is 1. The van der Waals surface area contributed by atoms with Crippen LogP contribution in [-0.2, 0) is 0 Å². The largest absolute Gasteiger partial charge is 0.396 e. The molecule has 3 heteroatoms. The molecule has 3 N–H and O–H groups in total. The van der Waals surface area contributed by atoms with Crippen LogP contribution in [-0.4, -0.2) is 11.5 Å². The molecule has 0 aliphatic heterocycles. The predicted octanol–water partition coefficient (Wildman–Crippen LogP) is 2.12.